The summed E-state index contributed by atoms with van der Waals surface area (Å²) in [7, 11) is 0. The van der Waals surface area contributed by atoms with E-state index >= 15 is 0 Å². The predicted octanol–water partition coefficient (Wildman–Crippen LogP) is 2.00. The van der Waals surface area contributed by atoms with E-state index in [1.807, 2.05) is 13.0 Å². The van der Waals surface area contributed by atoms with Crippen molar-refractivity contribution in [3.05, 3.63) is 28.7 Å². The van der Waals surface area contributed by atoms with Gasteiger partial charge in [-0.1, -0.05) is 19.1 Å². The molecule has 21 heavy (non-hydrogen) atoms. The molecule has 0 radical (unpaired) electrons. The zero-order valence-electron chi connectivity index (χ0n) is 12.3. The predicted molar refractivity (Wildman–Crippen MR) is 88.4 cm³/mol. The fourth-order valence-corrected chi connectivity index (χ4v) is 3.55. The molecule has 0 bridgehead atoms. The van der Waals surface area contributed by atoms with Gasteiger partial charge in [0.25, 0.3) is 0 Å². The Bertz CT molecular complexity index is 518. The molecule has 2 atom stereocenters. The van der Waals surface area contributed by atoms with E-state index in [0.717, 1.165) is 37.1 Å². The normalized spacial score (nSPS) is 23.7. The van der Waals surface area contributed by atoms with Crippen LogP contribution in [0.2, 0.25) is 0 Å². The van der Waals surface area contributed by atoms with Gasteiger partial charge in [-0.25, -0.2) is 0 Å². The molecule has 4 nitrogen and oxygen atoms in total. The molecule has 3 rings (SSSR count). The van der Waals surface area contributed by atoms with Crippen LogP contribution in [0.15, 0.2) is 28.7 Å². The molecule has 5 heteroatoms. The smallest absolute Gasteiger partial charge is 0.223 e. The van der Waals surface area contributed by atoms with Gasteiger partial charge in [0, 0.05) is 29.5 Å². The summed E-state index contributed by atoms with van der Waals surface area (Å²) in [5.41, 5.74) is 1.21. The first-order valence-corrected chi connectivity index (χ1v) is 8.45. The molecule has 2 unspecified atom stereocenters. The van der Waals surface area contributed by atoms with Crippen molar-refractivity contribution in [2.45, 2.75) is 19.4 Å². The number of rotatable bonds is 4. The van der Waals surface area contributed by atoms with Crippen molar-refractivity contribution in [1.82, 2.24) is 10.6 Å². The number of anilines is 1. The molecule has 2 aliphatic heterocycles. The number of benzene rings is 1. The minimum absolute atomic E-state index is 0.115. The maximum atomic E-state index is 12.3. The second-order valence-corrected chi connectivity index (χ2v) is 6.95. The number of hydrogen-bond donors (Lipinski definition) is 2. The summed E-state index contributed by atoms with van der Waals surface area (Å²) >= 11 is 3.60. The van der Waals surface area contributed by atoms with Gasteiger partial charge in [0.2, 0.25) is 5.91 Å². The Balaban J connectivity index is 1.55. The third-order valence-electron chi connectivity index (χ3n) is 4.66. The lowest BCUT2D eigenvalue weighted by Gasteiger charge is -2.32. The number of nitrogens with one attached hydrogen (secondary N) is 2. The number of carbonyl (C=O) groups excluding carboxylic acids is 1. The van der Waals surface area contributed by atoms with Gasteiger partial charge >= 0.3 is 0 Å². The van der Waals surface area contributed by atoms with Crippen molar-refractivity contribution in [3.8, 4) is 0 Å². The second-order valence-electron chi connectivity index (χ2n) is 6.10. The number of carbonyl (C=O) groups is 1. The Morgan fingerprint density at radius 1 is 1.43 bits per heavy atom. The highest BCUT2D eigenvalue weighted by molar-refractivity contribution is 9.10. The van der Waals surface area contributed by atoms with E-state index in [1.54, 1.807) is 0 Å². The number of nitrogens with zero attached hydrogens (tertiary/aromatic N) is 1. The molecule has 2 heterocycles. The summed E-state index contributed by atoms with van der Waals surface area (Å²) in [5.74, 6) is 0.829. The van der Waals surface area contributed by atoms with Crippen molar-refractivity contribution >= 4 is 27.5 Å². The van der Waals surface area contributed by atoms with E-state index in [4.69, 9.17) is 0 Å². The van der Waals surface area contributed by atoms with Gasteiger partial charge in [0.15, 0.2) is 0 Å². The zero-order chi connectivity index (χ0) is 14.8. The quantitative estimate of drug-likeness (QED) is 0.871. The number of para-hydroxylation sites is 1. The van der Waals surface area contributed by atoms with Crippen molar-refractivity contribution in [2.75, 3.05) is 31.1 Å². The van der Waals surface area contributed by atoms with E-state index in [0.29, 0.717) is 5.92 Å². The van der Waals surface area contributed by atoms with Crippen molar-refractivity contribution in [2.24, 2.45) is 11.8 Å². The summed E-state index contributed by atoms with van der Waals surface area (Å²) in [6.07, 6.45) is 1.02. The highest BCUT2D eigenvalue weighted by Gasteiger charge is 2.31. The molecule has 2 N–H and O–H groups in total. The van der Waals surface area contributed by atoms with E-state index in [2.05, 4.69) is 49.7 Å². The highest BCUT2D eigenvalue weighted by atomic mass is 79.9. The lowest BCUT2D eigenvalue weighted by Crippen LogP contribution is -2.51. The Kier molecular flexibility index (Phi) is 4.50. The maximum absolute atomic E-state index is 12.3. The minimum atomic E-state index is 0.115. The summed E-state index contributed by atoms with van der Waals surface area (Å²) < 4.78 is 1.12. The van der Waals surface area contributed by atoms with Crippen LogP contribution < -0.4 is 15.5 Å². The first-order chi connectivity index (χ1) is 10.1. The van der Waals surface area contributed by atoms with Crippen LogP contribution in [0.4, 0.5) is 5.69 Å². The van der Waals surface area contributed by atoms with Gasteiger partial charge in [0.05, 0.1) is 5.69 Å². The van der Waals surface area contributed by atoms with Gasteiger partial charge in [-0.3, -0.25) is 4.79 Å². The summed E-state index contributed by atoms with van der Waals surface area (Å²) in [6.45, 7) is 5.88. The van der Waals surface area contributed by atoms with Crippen molar-refractivity contribution < 1.29 is 4.79 Å². The summed E-state index contributed by atoms with van der Waals surface area (Å²) in [4.78, 5) is 14.6. The largest absolute Gasteiger partial charge is 0.368 e. The fourth-order valence-electron chi connectivity index (χ4n) is 3.02. The van der Waals surface area contributed by atoms with Crippen LogP contribution in [0, 0.1) is 11.8 Å². The van der Waals surface area contributed by atoms with Crippen LogP contribution in [0.3, 0.4) is 0 Å². The molecule has 0 spiro atoms. The van der Waals surface area contributed by atoms with E-state index in [-0.39, 0.29) is 17.9 Å². The summed E-state index contributed by atoms with van der Waals surface area (Å²) in [6, 6.07) is 8.53. The van der Waals surface area contributed by atoms with Gasteiger partial charge in [-0.2, -0.15) is 0 Å². The van der Waals surface area contributed by atoms with E-state index < -0.39 is 0 Å². The Hall–Kier alpha value is -1.07. The molecule has 2 aliphatic rings. The van der Waals surface area contributed by atoms with E-state index in [9.17, 15) is 4.79 Å². The van der Waals surface area contributed by atoms with Crippen LogP contribution in [0.1, 0.15) is 13.3 Å². The number of halogens is 1. The Labute approximate surface area is 134 Å². The molecule has 2 saturated heterocycles. The first-order valence-electron chi connectivity index (χ1n) is 7.65. The topological polar surface area (TPSA) is 44.4 Å². The van der Waals surface area contributed by atoms with Crippen LogP contribution >= 0.6 is 15.9 Å². The van der Waals surface area contributed by atoms with Crippen molar-refractivity contribution in [3.63, 3.8) is 0 Å². The third kappa shape index (κ3) is 3.24. The second kappa shape index (κ2) is 6.36. The third-order valence-corrected chi connectivity index (χ3v) is 5.33. The molecule has 114 valence electrons. The Morgan fingerprint density at radius 2 is 2.19 bits per heavy atom. The minimum Gasteiger partial charge on any atom is -0.368 e. The van der Waals surface area contributed by atoms with Crippen LogP contribution in [0.5, 0.6) is 0 Å². The van der Waals surface area contributed by atoms with Crippen LogP contribution in [-0.2, 0) is 4.79 Å². The lowest BCUT2D eigenvalue weighted by molar-refractivity contribution is -0.127. The molecule has 0 aromatic heterocycles. The summed E-state index contributed by atoms with van der Waals surface area (Å²) in [5, 5.41) is 6.46. The van der Waals surface area contributed by atoms with Gasteiger partial charge in [0.1, 0.15) is 0 Å². The molecule has 1 aromatic carbocycles. The van der Waals surface area contributed by atoms with Gasteiger partial charge < -0.3 is 15.5 Å². The average molecular weight is 352 g/mol. The van der Waals surface area contributed by atoms with Crippen molar-refractivity contribution in [1.29, 1.82) is 0 Å². The molecular weight excluding hydrogens is 330 g/mol. The average Bonchev–Trinajstić information content (AvgIpc) is 2.85. The zero-order valence-corrected chi connectivity index (χ0v) is 13.9. The SMILES string of the molecule is CC(C(=O)NC1CCN(c2ccccc2Br)C1)C1CNC1. The van der Waals surface area contributed by atoms with Crippen LogP contribution in [0.25, 0.3) is 0 Å². The van der Waals surface area contributed by atoms with Crippen LogP contribution in [-0.4, -0.2) is 38.1 Å². The molecule has 0 saturated carbocycles. The number of amides is 1. The lowest BCUT2D eigenvalue weighted by atomic mass is 9.88. The Morgan fingerprint density at radius 3 is 2.86 bits per heavy atom. The molecule has 1 amide bonds. The number of hydrogen-bond acceptors (Lipinski definition) is 3. The molecular formula is C16H22BrN3O. The molecule has 0 aliphatic carbocycles. The van der Waals surface area contributed by atoms with E-state index in [1.165, 1.54) is 5.69 Å². The highest BCUT2D eigenvalue weighted by Crippen LogP contribution is 2.28. The van der Waals surface area contributed by atoms with Gasteiger partial charge in [-0.15, -0.1) is 0 Å². The molecule has 1 aromatic rings. The first kappa shape index (κ1) is 14.9. The maximum Gasteiger partial charge on any atom is 0.223 e. The molecule has 2 fully saturated rings. The monoisotopic (exact) mass is 351 g/mol. The fraction of sp³-hybridized carbons (Fsp3) is 0.562. The van der Waals surface area contributed by atoms with Gasteiger partial charge in [-0.05, 0) is 53.5 Å². The standard InChI is InChI=1S/C16H22BrN3O/c1-11(12-8-18-9-12)16(21)19-13-6-7-20(10-13)15-5-3-2-4-14(15)17/h2-5,11-13,18H,6-10H2,1H3,(H,19,21).